The number of carbonyl (C=O) groups excluding carboxylic acids is 2. The maximum absolute atomic E-state index is 12.7. The van der Waals surface area contributed by atoms with Gasteiger partial charge < -0.3 is 15.2 Å². The van der Waals surface area contributed by atoms with Gasteiger partial charge in [0.1, 0.15) is 15.8 Å². The Morgan fingerprint density at radius 2 is 2.10 bits per heavy atom. The molecule has 0 bridgehead atoms. The first-order chi connectivity index (χ1) is 13.9. The minimum atomic E-state index is -0.370. The van der Waals surface area contributed by atoms with Crippen LogP contribution in [0, 0.1) is 0 Å². The van der Waals surface area contributed by atoms with E-state index in [2.05, 4.69) is 5.32 Å². The number of ether oxygens (including phenoxy) is 1. The van der Waals surface area contributed by atoms with Crippen molar-refractivity contribution in [3.63, 3.8) is 0 Å². The van der Waals surface area contributed by atoms with Crippen LogP contribution in [0.5, 0.6) is 11.5 Å². The van der Waals surface area contributed by atoms with Crippen LogP contribution < -0.4 is 10.1 Å². The third kappa shape index (κ3) is 5.09. The SMILES string of the molecule is COc1ccccc1C=C1SC(=S)N(CCC(=O)Nc2cc(Cl)ccc2O)C1=O. The molecule has 1 aliphatic rings. The Morgan fingerprint density at radius 1 is 1.34 bits per heavy atom. The zero-order chi connectivity index (χ0) is 21.0. The van der Waals surface area contributed by atoms with Crippen molar-refractivity contribution in [2.75, 3.05) is 19.0 Å². The number of benzene rings is 2. The molecule has 29 heavy (non-hydrogen) atoms. The van der Waals surface area contributed by atoms with Crippen molar-refractivity contribution in [3.05, 3.63) is 58.0 Å². The Bertz CT molecular complexity index is 1010. The number of phenolic OH excluding ortho intramolecular Hbond substituents is 1. The van der Waals surface area contributed by atoms with E-state index in [1.54, 1.807) is 13.2 Å². The second kappa shape index (κ2) is 9.30. The number of para-hydroxylation sites is 1. The van der Waals surface area contributed by atoms with Crippen molar-refractivity contribution < 1.29 is 19.4 Å². The Morgan fingerprint density at radius 3 is 2.86 bits per heavy atom. The molecule has 1 heterocycles. The molecule has 2 aromatic carbocycles. The number of amides is 2. The predicted molar refractivity (Wildman–Crippen MR) is 119 cm³/mol. The molecule has 0 saturated carbocycles. The number of thiocarbonyl (C=S) groups is 1. The molecule has 2 N–H and O–H groups in total. The second-order valence-corrected chi connectivity index (χ2v) is 8.15. The first-order valence-corrected chi connectivity index (χ1v) is 10.2. The largest absolute Gasteiger partial charge is 0.506 e. The number of carbonyl (C=O) groups is 2. The first kappa shape index (κ1) is 21.2. The number of aromatic hydroxyl groups is 1. The smallest absolute Gasteiger partial charge is 0.266 e. The van der Waals surface area contributed by atoms with Crippen LogP contribution in [0.2, 0.25) is 5.02 Å². The van der Waals surface area contributed by atoms with E-state index < -0.39 is 0 Å². The molecule has 0 radical (unpaired) electrons. The summed E-state index contributed by atoms with van der Waals surface area (Å²) in [4.78, 5) is 26.8. The molecule has 1 saturated heterocycles. The van der Waals surface area contributed by atoms with E-state index in [1.165, 1.54) is 34.9 Å². The third-order valence-electron chi connectivity index (χ3n) is 4.09. The van der Waals surface area contributed by atoms with E-state index in [0.717, 1.165) is 5.56 Å². The number of thioether (sulfide) groups is 1. The van der Waals surface area contributed by atoms with Crippen LogP contribution in [0.4, 0.5) is 5.69 Å². The lowest BCUT2D eigenvalue weighted by Crippen LogP contribution is -2.31. The summed E-state index contributed by atoms with van der Waals surface area (Å²) in [5, 5.41) is 12.7. The number of phenols is 1. The molecule has 3 rings (SSSR count). The second-order valence-electron chi connectivity index (χ2n) is 6.03. The predicted octanol–water partition coefficient (Wildman–Crippen LogP) is 4.28. The molecule has 9 heteroatoms. The Labute approximate surface area is 182 Å². The average Bonchev–Trinajstić information content (AvgIpc) is 2.96. The fraction of sp³-hybridized carbons (Fsp3) is 0.150. The zero-order valence-corrected chi connectivity index (χ0v) is 17.7. The number of rotatable bonds is 6. The fourth-order valence-electron chi connectivity index (χ4n) is 2.65. The molecule has 2 amide bonds. The molecule has 150 valence electrons. The molecule has 1 fully saturated rings. The lowest BCUT2D eigenvalue weighted by Gasteiger charge is -2.14. The van der Waals surface area contributed by atoms with Crippen LogP contribution in [-0.2, 0) is 9.59 Å². The fourth-order valence-corrected chi connectivity index (χ4v) is 4.13. The molecule has 0 unspecified atom stereocenters. The summed E-state index contributed by atoms with van der Waals surface area (Å²) >= 11 is 12.4. The topological polar surface area (TPSA) is 78.9 Å². The number of hydrogen-bond acceptors (Lipinski definition) is 6. The van der Waals surface area contributed by atoms with Crippen LogP contribution in [-0.4, -0.2) is 39.8 Å². The van der Waals surface area contributed by atoms with Crippen LogP contribution in [0.25, 0.3) is 6.08 Å². The van der Waals surface area contributed by atoms with Crippen molar-refractivity contribution in [3.8, 4) is 11.5 Å². The number of hydrogen-bond donors (Lipinski definition) is 2. The van der Waals surface area contributed by atoms with Gasteiger partial charge in [0, 0.05) is 23.6 Å². The van der Waals surface area contributed by atoms with Gasteiger partial charge in [-0.2, -0.15) is 0 Å². The normalized spacial score (nSPS) is 15.1. The first-order valence-electron chi connectivity index (χ1n) is 8.56. The van der Waals surface area contributed by atoms with Crippen LogP contribution >= 0.6 is 35.6 Å². The lowest BCUT2D eigenvalue weighted by atomic mass is 10.2. The minimum Gasteiger partial charge on any atom is -0.506 e. The van der Waals surface area contributed by atoms with Crippen LogP contribution in [0.15, 0.2) is 47.4 Å². The quantitative estimate of drug-likeness (QED) is 0.390. The van der Waals surface area contributed by atoms with E-state index in [1.807, 2.05) is 24.3 Å². The summed E-state index contributed by atoms with van der Waals surface area (Å²) in [5.41, 5.74) is 0.980. The summed E-state index contributed by atoms with van der Waals surface area (Å²) in [6.07, 6.45) is 1.74. The van der Waals surface area contributed by atoms with Crippen molar-refractivity contribution in [2.24, 2.45) is 0 Å². The van der Waals surface area contributed by atoms with Gasteiger partial charge in [0.15, 0.2) is 0 Å². The van der Waals surface area contributed by atoms with Gasteiger partial charge in [-0.25, -0.2) is 0 Å². The molecule has 0 atom stereocenters. The van der Waals surface area contributed by atoms with Crippen LogP contribution in [0.1, 0.15) is 12.0 Å². The minimum absolute atomic E-state index is 0.0142. The average molecular weight is 449 g/mol. The van der Waals surface area contributed by atoms with Crippen LogP contribution in [0.3, 0.4) is 0 Å². The van der Waals surface area contributed by atoms with Crippen molar-refractivity contribution in [2.45, 2.75) is 6.42 Å². The molecule has 0 aromatic heterocycles. The summed E-state index contributed by atoms with van der Waals surface area (Å²) in [7, 11) is 1.56. The van der Waals surface area contributed by atoms with Gasteiger partial charge in [-0.1, -0.05) is 53.8 Å². The monoisotopic (exact) mass is 448 g/mol. The van der Waals surface area contributed by atoms with E-state index in [9.17, 15) is 14.7 Å². The highest BCUT2D eigenvalue weighted by Gasteiger charge is 2.32. The van der Waals surface area contributed by atoms with Gasteiger partial charge in [-0.15, -0.1) is 0 Å². The standard InChI is InChI=1S/C20H17ClN2O4S2/c1-27-16-5-3-2-4-12(16)10-17-19(26)23(20(28)29-17)9-8-18(25)22-14-11-13(21)6-7-15(14)24/h2-7,10-11,24H,8-9H2,1H3,(H,22,25). The van der Waals surface area contributed by atoms with Crippen molar-refractivity contribution >= 4 is 63.5 Å². The van der Waals surface area contributed by atoms with Gasteiger partial charge in [-0.3, -0.25) is 14.5 Å². The summed E-state index contributed by atoms with van der Waals surface area (Å²) in [5.74, 6) is -0.0683. The van der Waals surface area contributed by atoms with Gasteiger partial charge in [0.25, 0.3) is 5.91 Å². The summed E-state index contributed by atoms with van der Waals surface area (Å²) in [6, 6.07) is 11.7. The number of methoxy groups -OCH3 is 1. The Balaban J connectivity index is 1.65. The third-order valence-corrected chi connectivity index (χ3v) is 5.71. The van der Waals surface area contributed by atoms with Gasteiger partial charge in [0.2, 0.25) is 5.91 Å². The van der Waals surface area contributed by atoms with Crippen molar-refractivity contribution in [1.82, 2.24) is 4.90 Å². The molecular weight excluding hydrogens is 432 g/mol. The molecule has 6 nitrogen and oxygen atoms in total. The number of halogens is 1. The highest BCUT2D eigenvalue weighted by molar-refractivity contribution is 8.26. The van der Waals surface area contributed by atoms with Gasteiger partial charge in [-0.05, 0) is 30.3 Å². The molecule has 1 aliphatic heterocycles. The Kier molecular flexibility index (Phi) is 6.79. The van der Waals surface area contributed by atoms with E-state index in [4.69, 9.17) is 28.6 Å². The van der Waals surface area contributed by atoms with Gasteiger partial charge >= 0.3 is 0 Å². The van der Waals surface area contributed by atoms with E-state index >= 15 is 0 Å². The van der Waals surface area contributed by atoms with Gasteiger partial charge in [0.05, 0.1) is 17.7 Å². The molecule has 0 aliphatic carbocycles. The number of nitrogens with one attached hydrogen (secondary N) is 1. The highest BCUT2D eigenvalue weighted by Crippen LogP contribution is 2.34. The highest BCUT2D eigenvalue weighted by atomic mass is 35.5. The Hall–Kier alpha value is -2.55. The molecule has 2 aromatic rings. The summed E-state index contributed by atoms with van der Waals surface area (Å²) < 4.78 is 5.69. The number of nitrogens with zero attached hydrogens (tertiary/aromatic N) is 1. The molecular formula is C20H17ClN2O4S2. The number of anilines is 1. The maximum Gasteiger partial charge on any atom is 0.266 e. The van der Waals surface area contributed by atoms with Crippen molar-refractivity contribution in [1.29, 1.82) is 0 Å². The molecule has 0 spiro atoms. The maximum atomic E-state index is 12.7. The summed E-state index contributed by atoms with van der Waals surface area (Å²) in [6.45, 7) is 0.126. The van der Waals surface area contributed by atoms with E-state index in [-0.39, 0.29) is 36.2 Å². The lowest BCUT2D eigenvalue weighted by molar-refractivity contribution is -0.122. The zero-order valence-electron chi connectivity index (χ0n) is 15.3. The van der Waals surface area contributed by atoms with E-state index in [0.29, 0.717) is 20.0 Å².